The summed E-state index contributed by atoms with van der Waals surface area (Å²) in [5, 5.41) is 0. The molecule has 11 heteroatoms. The molecule has 1 unspecified atom stereocenters. The first-order valence-corrected chi connectivity index (χ1v) is 14.0. The highest BCUT2D eigenvalue weighted by atomic mass is 32.2. The molecule has 10 nitrogen and oxygen atoms in total. The van der Waals surface area contributed by atoms with E-state index >= 15 is 0 Å². The van der Waals surface area contributed by atoms with Crippen LogP contribution in [0.25, 0.3) is 11.1 Å². The molecule has 0 saturated carbocycles. The molecule has 4 aliphatic heterocycles. The van der Waals surface area contributed by atoms with Gasteiger partial charge in [0.25, 0.3) is 0 Å². The normalized spacial score (nSPS) is 23.9. The standard InChI is InChI=1S/C26H28N2O8S/c1-27-10-7-13-16-17(23-24(35-12-34-23)25(13)37(30,31)28-8-5-4-6-9-28)14-11-15(32-2)21(33-3)19-18(14)22(20(16)27)36-26(19)29/h11,20,22H,4-10,12H2,1-3H3/t20-,22?/m1/s1. The second kappa shape index (κ2) is 7.99. The maximum Gasteiger partial charge on any atom is 0.343 e. The van der Waals surface area contributed by atoms with Gasteiger partial charge in [0.1, 0.15) is 16.6 Å². The number of benzene rings is 2. The fraction of sp³-hybridized carbons (Fsp3) is 0.500. The molecule has 0 aromatic heterocycles. The number of carbonyl (C=O) groups excluding carboxylic acids is 1. The van der Waals surface area contributed by atoms with Crippen LogP contribution in [0, 0.1) is 0 Å². The first-order chi connectivity index (χ1) is 17.9. The van der Waals surface area contributed by atoms with Crippen molar-refractivity contribution in [3.8, 4) is 34.1 Å². The number of likely N-dealkylation sites (N-methyl/N-ethyl adjacent to an activating group) is 1. The van der Waals surface area contributed by atoms with E-state index in [0.717, 1.165) is 41.5 Å². The van der Waals surface area contributed by atoms with Crippen molar-refractivity contribution in [2.45, 2.75) is 42.7 Å². The van der Waals surface area contributed by atoms with E-state index in [1.54, 1.807) is 4.31 Å². The van der Waals surface area contributed by atoms with E-state index in [1.165, 1.54) is 14.2 Å². The predicted octanol–water partition coefficient (Wildman–Crippen LogP) is 3.03. The molecule has 5 aliphatic rings. The molecule has 1 aliphatic carbocycles. The number of fused-ring (bicyclic) bond motifs is 4. The van der Waals surface area contributed by atoms with Gasteiger partial charge >= 0.3 is 5.97 Å². The molecule has 1 fully saturated rings. The Kier molecular flexibility index (Phi) is 4.99. The molecular formula is C26H28N2O8S. The van der Waals surface area contributed by atoms with Crippen molar-refractivity contribution in [3.05, 3.63) is 28.3 Å². The summed E-state index contributed by atoms with van der Waals surface area (Å²) in [6.07, 6.45) is 2.59. The second-order valence-corrected chi connectivity index (χ2v) is 12.0. The Hall–Kier alpha value is -3.02. The van der Waals surface area contributed by atoms with E-state index in [2.05, 4.69) is 4.90 Å². The number of esters is 1. The summed E-state index contributed by atoms with van der Waals surface area (Å²) in [6.45, 7) is 1.50. The number of rotatable bonds is 4. The second-order valence-electron chi connectivity index (χ2n) is 10.1. The van der Waals surface area contributed by atoms with Crippen LogP contribution in [0.1, 0.15) is 58.5 Å². The van der Waals surface area contributed by atoms with E-state index in [9.17, 15) is 13.2 Å². The predicted molar refractivity (Wildman–Crippen MR) is 131 cm³/mol. The minimum atomic E-state index is -3.84. The van der Waals surface area contributed by atoms with Crippen LogP contribution in [0.5, 0.6) is 23.0 Å². The van der Waals surface area contributed by atoms with Crippen molar-refractivity contribution < 1.29 is 36.9 Å². The molecular weight excluding hydrogens is 500 g/mol. The van der Waals surface area contributed by atoms with E-state index in [1.807, 2.05) is 13.1 Å². The Morgan fingerprint density at radius 3 is 2.46 bits per heavy atom. The van der Waals surface area contributed by atoms with E-state index in [-0.39, 0.29) is 23.5 Å². The molecule has 2 aromatic rings. The van der Waals surface area contributed by atoms with Crippen LogP contribution in [0.3, 0.4) is 0 Å². The SMILES string of the molecule is COc1cc2c3c(c1OC)C(=O)OC3[C@H]1c3c(c(S(=O)(=O)N4CCCCC4)c4c(c3-2)OCO4)CCN1C. The number of sulfonamides is 1. The quantitative estimate of drug-likeness (QED) is 0.554. The highest BCUT2D eigenvalue weighted by molar-refractivity contribution is 7.89. The first kappa shape index (κ1) is 23.1. The van der Waals surface area contributed by atoms with Crippen LogP contribution in [-0.2, 0) is 21.2 Å². The Labute approximate surface area is 215 Å². The molecule has 0 spiro atoms. The van der Waals surface area contributed by atoms with E-state index in [0.29, 0.717) is 54.4 Å². The fourth-order valence-electron chi connectivity index (χ4n) is 6.71. The Bertz CT molecular complexity index is 1460. The number of hydrogen-bond acceptors (Lipinski definition) is 9. The van der Waals surface area contributed by atoms with Crippen LogP contribution in [0.2, 0.25) is 0 Å². The molecule has 0 bridgehead atoms. The number of nitrogens with zero attached hydrogens (tertiary/aromatic N) is 2. The van der Waals surface area contributed by atoms with Crippen LogP contribution >= 0.6 is 0 Å². The Balaban J connectivity index is 1.58. The smallest absolute Gasteiger partial charge is 0.343 e. The lowest BCUT2D eigenvalue weighted by molar-refractivity contribution is 0.00857. The fourth-order valence-corrected chi connectivity index (χ4v) is 8.62. The average molecular weight is 529 g/mol. The lowest BCUT2D eigenvalue weighted by Gasteiger charge is -2.43. The minimum Gasteiger partial charge on any atom is -0.493 e. The third-order valence-electron chi connectivity index (χ3n) is 8.30. The lowest BCUT2D eigenvalue weighted by Crippen LogP contribution is -2.40. The molecule has 196 valence electrons. The van der Waals surface area contributed by atoms with E-state index in [4.69, 9.17) is 23.7 Å². The maximum absolute atomic E-state index is 14.1. The monoisotopic (exact) mass is 528 g/mol. The molecule has 7 rings (SSSR count). The van der Waals surface area contributed by atoms with Gasteiger partial charge in [-0.05, 0) is 49.1 Å². The third-order valence-corrected chi connectivity index (χ3v) is 10.3. The lowest BCUT2D eigenvalue weighted by atomic mass is 9.74. The van der Waals surface area contributed by atoms with Gasteiger partial charge in [-0.3, -0.25) is 4.90 Å². The van der Waals surface area contributed by atoms with Gasteiger partial charge in [-0.25, -0.2) is 13.2 Å². The first-order valence-electron chi connectivity index (χ1n) is 12.6. The highest BCUT2D eigenvalue weighted by Gasteiger charge is 2.53. The molecule has 2 aromatic carbocycles. The maximum atomic E-state index is 14.1. The summed E-state index contributed by atoms with van der Waals surface area (Å²) in [5.74, 6) is 0.883. The summed E-state index contributed by atoms with van der Waals surface area (Å²) < 4.78 is 58.9. The molecule has 1 saturated heterocycles. The molecule has 0 amide bonds. The Morgan fingerprint density at radius 1 is 0.973 bits per heavy atom. The van der Waals surface area contributed by atoms with Crippen LogP contribution < -0.4 is 18.9 Å². The largest absolute Gasteiger partial charge is 0.493 e. The molecule has 2 atom stereocenters. The zero-order valence-corrected chi connectivity index (χ0v) is 21.8. The van der Waals surface area contributed by atoms with Crippen molar-refractivity contribution in [1.29, 1.82) is 0 Å². The highest BCUT2D eigenvalue weighted by Crippen LogP contribution is 2.63. The molecule has 37 heavy (non-hydrogen) atoms. The number of ether oxygens (including phenoxy) is 5. The van der Waals surface area contributed by atoms with Crippen LogP contribution in [0.15, 0.2) is 11.0 Å². The topological polar surface area (TPSA) is 104 Å². The van der Waals surface area contributed by atoms with Crippen molar-refractivity contribution in [1.82, 2.24) is 9.21 Å². The van der Waals surface area contributed by atoms with Crippen LogP contribution in [-0.4, -0.2) is 71.3 Å². The molecule has 0 N–H and O–H groups in total. The minimum absolute atomic E-state index is 0.0808. The van der Waals surface area contributed by atoms with Gasteiger partial charge in [0.05, 0.1) is 20.3 Å². The van der Waals surface area contributed by atoms with Crippen molar-refractivity contribution in [3.63, 3.8) is 0 Å². The van der Waals surface area contributed by atoms with Gasteiger partial charge in [0.2, 0.25) is 16.8 Å². The van der Waals surface area contributed by atoms with Gasteiger partial charge in [0, 0.05) is 30.8 Å². The molecule has 0 radical (unpaired) electrons. The number of methoxy groups -OCH3 is 2. The number of piperidine rings is 1. The van der Waals surface area contributed by atoms with Gasteiger partial charge in [-0.1, -0.05) is 6.42 Å². The zero-order valence-electron chi connectivity index (χ0n) is 21.0. The van der Waals surface area contributed by atoms with Crippen molar-refractivity contribution >= 4 is 16.0 Å². The van der Waals surface area contributed by atoms with Crippen molar-refractivity contribution in [2.24, 2.45) is 0 Å². The zero-order chi connectivity index (χ0) is 25.6. The van der Waals surface area contributed by atoms with Gasteiger partial charge in [0.15, 0.2) is 23.0 Å². The van der Waals surface area contributed by atoms with E-state index < -0.39 is 22.1 Å². The summed E-state index contributed by atoms with van der Waals surface area (Å²) in [4.78, 5) is 15.5. The van der Waals surface area contributed by atoms with Gasteiger partial charge in [-0.2, -0.15) is 4.31 Å². The third kappa shape index (κ3) is 2.93. The van der Waals surface area contributed by atoms with Crippen molar-refractivity contribution in [2.75, 3.05) is 47.7 Å². The summed E-state index contributed by atoms with van der Waals surface area (Å²) in [5.41, 5.74) is 4.05. The molecule has 4 heterocycles. The van der Waals surface area contributed by atoms with Gasteiger partial charge in [-0.15, -0.1) is 0 Å². The summed E-state index contributed by atoms with van der Waals surface area (Å²) >= 11 is 0. The number of carbonyl (C=O) groups is 1. The summed E-state index contributed by atoms with van der Waals surface area (Å²) in [7, 11) is 1.15. The number of hydrogen-bond donors (Lipinski definition) is 0. The van der Waals surface area contributed by atoms with Gasteiger partial charge < -0.3 is 23.7 Å². The Morgan fingerprint density at radius 2 is 1.73 bits per heavy atom. The van der Waals surface area contributed by atoms with Crippen LogP contribution in [0.4, 0.5) is 0 Å². The average Bonchev–Trinajstić information content (AvgIpc) is 3.52. The summed E-state index contributed by atoms with van der Waals surface area (Å²) in [6, 6.07) is 1.45.